The molecule has 1 saturated heterocycles. The highest BCUT2D eigenvalue weighted by Gasteiger charge is 2.15. The van der Waals surface area contributed by atoms with Gasteiger partial charge in [-0.2, -0.15) is 0 Å². The fourth-order valence-corrected chi connectivity index (χ4v) is 3.59. The Balaban J connectivity index is 1.41. The number of morpholine rings is 1. The Morgan fingerprint density at radius 2 is 1.86 bits per heavy atom. The van der Waals surface area contributed by atoms with Crippen LogP contribution in [-0.4, -0.2) is 62.5 Å². The van der Waals surface area contributed by atoms with Crippen molar-refractivity contribution in [1.29, 1.82) is 0 Å². The van der Waals surface area contributed by atoms with Crippen LogP contribution < -0.4 is 14.8 Å². The minimum absolute atomic E-state index is 0.604. The molecule has 0 atom stereocenters. The molecule has 1 fully saturated rings. The number of anilines is 1. The normalized spacial score (nSPS) is 18.5. The molecule has 7 heteroatoms. The lowest BCUT2D eigenvalue weighted by molar-refractivity contribution is 0.0398. The summed E-state index contributed by atoms with van der Waals surface area (Å²) in [5, 5.41) is 4.36. The average molecular weight is 321 g/mol. The van der Waals surface area contributed by atoms with E-state index < -0.39 is 0 Å². The first-order valence-electron chi connectivity index (χ1n) is 7.63. The quantitative estimate of drug-likeness (QED) is 0.927. The summed E-state index contributed by atoms with van der Waals surface area (Å²) in [5.74, 6) is 1.62. The van der Waals surface area contributed by atoms with E-state index in [1.54, 1.807) is 11.3 Å². The number of hydrogen-bond acceptors (Lipinski definition) is 7. The van der Waals surface area contributed by atoms with Crippen molar-refractivity contribution in [2.75, 3.05) is 57.9 Å². The fourth-order valence-electron chi connectivity index (χ4n) is 2.69. The van der Waals surface area contributed by atoms with Gasteiger partial charge < -0.3 is 19.5 Å². The predicted octanol–water partition coefficient (Wildman–Crippen LogP) is 1.81. The maximum Gasteiger partial charge on any atom is 0.183 e. The Morgan fingerprint density at radius 1 is 1.09 bits per heavy atom. The van der Waals surface area contributed by atoms with Crippen LogP contribution >= 0.6 is 11.3 Å². The summed E-state index contributed by atoms with van der Waals surface area (Å²) in [5.41, 5.74) is 0.961. The Morgan fingerprint density at radius 3 is 2.68 bits per heavy atom. The third-order valence-corrected chi connectivity index (χ3v) is 4.84. The van der Waals surface area contributed by atoms with Gasteiger partial charge >= 0.3 is 0 Å². The number of nitrogens with one attached hydrogen (secondary N) is 1. The van der Waals surface area contributed by atoms with E-state index in [1.165, 1.54) is 0 Å². The second-order valence-corrected chi connectivity index (χ2v) is 6.39. The number of ether oxygens (including phenoxy) is 3. The number of rotatable bonds is 4. The third-order valence-electron chi connectivity index (χ3n) is 3.86. The van der Waals surface area contributed by atoms with E-state index in [4.69, 9.17) is 14.2 Å². The van der Waals surface area contributed by atoms with Crippen molar-refractivity contribution < 1.29 is 14.2 Å². The van der Waals surface area contributed by atoms with Gasteiger partial charge in [-0.1, -0.05) is 11.3 Å². The smallest absolute Gasteiger partial charge is 0.183 e. The van der Waals surface area contributed by atoms with Crippen LogP contribution in [0, 0.1) is 0 Å². The first kappa shape index (κ1) is 14.0. The molecular formula is C15H19N3O3S. The second kappa shape index (κ2) is 6.28. The zero-order valence-electron chi connectivity index (χ0n) is 12.3. The van der Waals surface area contributed by atoms with Crippen molar-refractivity contribution in [2.24, 2.45) is 0 Å². The van der Waals surface area contributed by atoms with E-state index in [1.807, 2.05) is 12.1 Å². The van der Waals surface area contributed by atoms with E-state index in [-0.39, 0.29) is 0 Å². The monoisotopic (exact) mass is 321 g/mol. The molecule has 118 valence electrons. The third kappa shape index (κ3) is 2.97. The molecule has 1 aromatic heterocycles. The summed E-state index contributed by atoms with van der Waals surface area (Å²) in [7, 11) is 0. The highest BCUT2D eigenvalue weighted by atomic mass is 32.1. The largest absolute Gasteiger partial charge is 0.486 e. The molecule has 22 heavy (non-hydrogen) atoms. The van der Waals surface area contributed by atoms with Crippen LogP contribution in [0.2, 0.25) is 0 Å². The van der Waals surface area contributed by atoms with Gasteiger partial charge in [0.05, 0.1) is 23.4 Å². The molecule has 0 radical (unpaired) electrons. The molecule has 6 nitrogen and oxygen atoms in total. The molecule has 0 amide bonds. The summed E-state index contributed by atoms with van der Waals surface area (Å²) in [6, 6.07) is 3.99. The second-order valence-electron chi connectivity index (χ2n) is 5.36. The Hall–Kier alpha value is -1.57. The lowest BCUT2D eigenvalue weighted by Gasteiger charge is -2.26. The Labute approximate surface area is 133 Å². The molecule has 0 aliphatic carbocycles. The molecule has 2 aliphatic heterocycles. The Bertz CT molecular complexity index is 612. The summed E-state index contributed by atoms with van der Waals surface area (Å²) >= 11 is 1.66. The molecular weight excluding hydrogens is 302 g/mol. The number of benzene rings is 1. The minimum Gasteiger partial charge on any atom is -0.486 e. The van der Waals surface area contributed by atoms with Crippen molar-refractivity contribution in [1.82, 2.24) is 9.88 Å². The van der Waals surface area contributed by atoms with Crippen LogP contribution in [0.5, 0.6) is 11.5 Å². The van der Waals surface area contributed by atoms with Crippen molar-refractivity contribution in [3.8, 4) is 11.5 Å². The summed E-state index contributed by atoms with van der Waals surface area (Å²) in [6.45, 7) is 6.84. The first-order valence-corrected chi connectivity index (χ1v) is 8.44. The van der Waals surface area contributed by atoms with Gasteiger partial charge in [0.15, 0.2) is 16.6 Å². The number of nitrogens with zero attached hydrogens (tertiary/aromatic N) is 2. The van der Waals surface area contributed by atoms with Crippen LogP contribution in [0.3, 0.4) is 0 Å². The molecule has 0 spiro atoms. The highest BCUT2D eigenvalue weighted by Crippen LogP contribution is 2.37. The van der Waals surface area contributed by atoms with E-state index >= 15 is 0 Å². The zero-order chi connectivity index (χ0) is 14.8. The molecule has 1 N–H and O–H groups in total. The molecule has 0 unspecified atom stereocenters. The Kier molecular flexibility index (Phi) is 4.01. The summed E-state index contributed by atoms with van der Waals surface area (Å²) < 4.78 is 17.7. The molecule has 4 rings (SSSR count). The SMILES string of the molecule is c1c2c(cc3sc(NCCN4CCOCC4)nc13)OCCO2. The first-order chi connectivity index (χ1) is 10.9. The molecule has 2 aliphatic rings. The van der Waals surface area contributed by atoms with E-state index in [9.17, 15) is 0 Å². The maximum atomic E-state index is 5.62. The average Bonchev–Trinajstić information content (AvgIpc) is 2.95. The number of fused-ring (bicyclic) bond motifs is 2. The molecule has 2 aromatic rings. The zero-order valence-corrected chi connectivity index (χ0v) is 13.2. The number of thiazole rings is 1. The van der Waals surface area contributed by atoms with Crippen LogP contribution in [0.25, 0.3) is 10.2 Å². The minimum atomic E-state index is 0.604. The molecule has 3 heterocycles. The van der Waals surface area contributed by atoms with E-state index in [0.717, 1.165) is 66.2 Å². The maximum absolute atomic E-state index is 5.62. The van der Waals surface area contributed by atoms with E-state index in [0.29, 0.717) is 13.2 Å². The van der Waals surface area contributed by atoms with Crippen molar-refractivity contribution >= 4 is 26.7 Å². The van der Waals surface area contributed by atoms with Gasteiger partial charge in [0.25, 0.3) is 0 Å². The summed E-state index contributed by atoms with van der Waals surface area (Å²) in [4.78, 5) is 7.04. The lowest BCUT2D eigenvalue weighted by Crippen LogP contribution is -2.38. The standard InChI is InChI=1S/C15H19N3O3S/c1(2-18-3-5-19-6-4-18)16-15-17-11-9-12-13(10-14(11)22-15)21-8-7-20-12/h9-10H,1-8H2,(H,16,17). The number of hydrogen-bond donors (Lipinski definition) is 1. The van der Waals surface area contributed by atoms with Crippen LogP contribution in [0.4, 0.5) is 5.13 Å². The van der Waals surface area contributed by atoms with Crippen molar-refractivity contribution in [3.63, 3.8) is 0 Å². The van der Waals surface area contributed by atoms with Crippen LogP contribution in [0.1, 0.15) is 0 Å². The lowest BCUT2D eigenvalue weighted by atomic mass is 10.3. The molecule has 0 bridgehead atoms. The van der Waals surface area contributed by atoms with Gasteiger partial charge in [-0.25, -0.2) is 4.98 Å². The van der Waals surface area contributed by atoms with Gasteiger partial charge in [-0.15, -0.1) is 0 Å². The highest BCUT2D eigenvalue weighted by molar-refractivity contribution is 7.22. The van der Waals surface area contributed by atoms with Crippen molar-refractivity contribution in [3.05, 3.63) is 12.1 Å². The topological polar surface area (TPSA) is 55.9 Å². The van der Waals surface area contributed by atoms with Gasteiger partial charge in [-0.05, 0) is 0 Å². The summed E-state index contributed by atoms with van der Waals surface area (Å²) in [6.07, 6.45) is 0. The van der Waals surface area contributed by atoms with Crippen LogP contribution in [-0.2, 0) is 4.74 Å². The predicted molar refractivity (Wildman–Crippen MR) is 86.4 cm³/mol. The van der Waals surface area contributed by atoms with E-state index in [2.05, 4.69) is 15.2 Å². The van der Waals surface area contributed by atoms with Crippen molar-refractivity contribution in [2.45, 2.75) is 0 Å². The molecule has 0 saturated carbocycles. The van der Waals surface area contributed by atoms with Gasteiger partial charge in [0, 0.05) is 38.3 Å². The fraction of sp³-hybridized carbons (Fsp3) is 0.533. The molecule has 1 aromatic carbocycles. The number of aromatic nitrogens is 1. The van der Waals surface area contributed by atoms with Gasteiger partial charge in [-0.3, -0.25) is 4.90 Å². The van der Waals surface area contributed by atoms with Crippen LogP contribution in [0.15, 0.2) is 12.1 Å². The van der Waals surface area contributed by atoms with Gasteiger partial charge in [0.1, 0.15) is 13.2 Å². The van der Waals surface area contributed by atoms with Gasteiger partial charge in [0.2, 0.25) is 0 Å².